The predicted octanol–water partition coefficient (Wildman–Crippen LogP) is 2.56. The highest BCUT2D eigenvalue weighted by Crippen LogP contribution is 2.34. The summed E-state index contributed by atoms with van der Waals surface area (Å²) in [4.78, 5) is 8.60. The molecule has 4 heteroatoms. The third kappa shape index (κ3) is 2.63. The molecule has 1 N–H and O–H groups in total. The summed E-state index contributed by atoms with van der Waals surface area (Å²) in [7, 11) is 2.19. The molecule has 2 aliphatic carbocycles. The van der Waals surface area contributed by atoms with Crippen LogP contribution in [0.1, 0.15) is 43.2 Å². The molecule has 94 valence electrons. The van der Waals surface area contributed by atoms with Crippen molar-refractivity contribution in [1.82, 2.24) is 10.3 Å². The van der Waals surface area contributed by atoms with Crippen molar-refractivity contribution in [2.75, 3.05) is 11.9 Å². The van der Waals surface area contributed by atoms with Gasteiger partial charge in [-0.3, -0.25) is 0 Å². The van der Waals surface area contributed by atoms with E-state index in [-0.39, 0.29) is 0 Å². The number of hydrogen-bond donors (Lipinski definition) is 1. The van der Waals surface area contributed by atoms with Crippen LogP contribution in [0.15, 0.2) is 0 Å². The molecule has 0 radical (unpaired) electrons. The number of aromatic nitrogens is 1. The molecule has 1 aromatic heterocycles. The number of thiazole rings is 1. The number of nitrogens with one attached hydrogen (secondary N) is 1. The Kier molecular flexibility index (Phi) is 3.09. The van der Waals surface area contributed by atoms with Gasteiger partial charge in [0.15, 0.2) is 5.13 Å². The first-order valence-electron chi connectivity index (χ1n) is 6.72. The van der Waals surface area contributed by atoms with Gasteiger partial charge in [0.25, 0.3) is 0 Å². The Balaban J connectivity index is 1.70. The van der Waals surface area contributed by atoms with Crippen LogP contribution in [-0.2, 0) is 13.0 Å². The van der Waals surface area contributed by atoms with Crippen molar-refractivity contribution >= 4 is 16.5 Å². The Morgan fingerprint density at radius 2 is 2.12 bits per heavy atom. The molecule has 0 saturated heterocycles. The van der Waals surface area contributed by atoms with Crippen LogP contribution in [0.5, 0.6) is 0 Å². The first kappa shape index (κ1) is 11.5. The standard InChI is InChI=1S/C13H21N3S/c1-3-11-12(8-14-9-4-5-9)17-13(15-11)16(2)10-6-7-10/h9-10,14H,3-8H2,1-2H3. The van der Waals surface area contributed by atoms with E-state index in [9.17, 15) is 0 Å². The van der Waals surface area contributed by atoms with Crippen molar-refractivity contribution in [2.24, 2.45) is 0 Å². The topological polar surface area (TPSA) is 28.2 Å². The maximum Gasteiger partial charge on any atom is 0.185 e. The molecule has 0 atom stereocenters. The van der Waals surface area contributed by atoms with E-state index in [0.717, 1.165) is 25.0 Å². The summed E-state index contributed by atoms with van der Waals surface area (Å²) in [6.45, 7) is 3.22. The summed E-state index contributed by atoms with van der Waals surface area (Å²) in [5.41, 5.74) is 1.30. The van der Waals surface area contributed by atoms with E-state index in [0.29, 0.717) is 0 Å². The Bertz CT molecular complexity index is 393. The second-order valence-electron chi connectivity index (χ2n) is 5.22. The number of anilines is 1. The first-order chi connectivity index (χ1) is 8.28. The van der Waals surface area contributed by atoms with E-state index in [1.165, 1.54) is 41.4 Å². The highest BCUT2D eigenvalue weighted by molar-refractivity contribution is 7.15. The van der Waals surface area contributed by atoms with E-state index >= 15 is 0 Å². The van der Waals surface area contributed by atoms with Crippen LogP contribution in [0.3, 0.4) is 0 Å². The maximum atomic E-state index is 4.79. The third-order valence-electron chi connectivity index (χ3n) is 3.63. The average molecular weight is 251 g/mol. The lowest BCUT2D eigenvalue weighted by atomic mass is 10.3. The first-order valence-corrected chi connectivity index (χ1v) is 7.54. The molecule has 0 bridgehead atoms. The zero-order valence-corrected chi connectivity index (χ0v) is 11.5. The molecular weight excluding hydrogens is 230 g/mol. The monoisotopic (exact) mass is 251 g/mol. The van der Waals surface area contributed by atoms with Gasteiger partial charge >= 0.3 is 0 Å². The second kappa shape index (κ2) is 4.58. The highest BCUT2D eigenvalue weighted by atomic mass is 32.1. The normalized spacial score (nSPS) is 19.6. The summed E-state index contributed by atoms with van der Waals surface area (Å²) in [6.07, 6.45) is 6.45. The summed E-state index contributed by atoms with van der Waals surface area (Å²) >= 11 is 1.88. The lowest BCUT2D eigenvalue weighted by molar-refractivity contribution is 0.689. The Hall–Kier alpha value is -0.610. The van der Waals surface area contributed by atoms with Crippen LogP contribution in [0.2, 0.25) is 0 Å². The van der Waals surface area contributed by atoms with Gasteiger partial charge in [-0.1, -0.05) is 6.92 Å². The number of hydrogen-bond acceptors (Lipinski definition) is 4. The van der Waals surface area contributed by atoms with Crippen LogP contribution < -0.4 is 10.2 Å². The minimum absolute atomic E-state index is 0.759. The van der Waals surface area contributed by atoms with Gasteiger partial charge < -0.3 is 10.2 Å². The summed E-state index contributed by atoms with van der Waals surface area (Å²) < 4.78 is 0. The molecule has 17 heavy (non-hydrogen) atoms. The summed E-state index contributed by atoms with van der Waals surface area (Å²) in [5, 5.41) is 4.82. The van der Waals surface area contributed by atoms with E-state index in [2.05, 4.69) is 24.2 Å². The molecule has 0 aromatic carbocycles. The summed E-state index contributed by atoms with van der Waals surface area (Å²) in [6, 6.07) is 1.54. The Morgan fingerprint density at radius 3 is 2.71 bits per heavy atom. The van der Waals surface area contributed by atoms with Gasteiger partial charge in [-0.2, -0.15) is 0 Å². The van der Waals surface area contributed by atoms with E-state index in [4.69, 9.17) is 4.98 Å². The second-order valence-corrected chi connectivity index (χ2v) is 6.28. The Labute approximate surface area is 107 Å². The third-order valence-corrected chi connectivity index (χ3v) is 4.82. The van der Waals surface area contributed by atoms with Crippen LogP contribution in [0.25, 0.3) is 0 Å². The van der Waals surface area contributed by atoms with Crippen LogP contribution in [0.4, 0.5) is 5.13 Å². The molecule has 0 unspecified atom stereocenters. The maximum absolute atomic E-state index is 4.79. The molecular formula is C13H21N3S. The van der Waals surface area contributed by atoms with Gasteiger partial charge in [-0.25, -0.2) is 4.98 Å². The minimum Gasteiger partial charge on any atom is -0.348 e. The van der Waals surface area contributed by atoms with Crippen molar-refractivity contribution in [3.63, 3.8) is 0 Å². The van der Waals surface area contributed by atoms with Crippen LogP contribution in [0, 0.1) is 0 Å². The fraction of sp³-hybridized carbons (Fsp3) is 0.769. The molecule has 3 nitrogen and oxygen atoms in total. The molecule has 0 spiro atoms. The molecule has 2 aliphatic rings. The quantitative estimate of drug-likeness (QED) is 0.842. The van der Waals surface area contributed by atoms with Crippen molar-refractivity contribution in [3.05, 3.63) is 10.6 Å². The SMILES string of the molecule is CCc1nc(N(C)C2CC2)sc1CNC1CC1. The Morgan fingerprint density at radius 1 is 1.35 bits per heavy atom. The zero-order valence-electron chi connectivity index (χ0n) is 10.7. The van der Waals surface area contributed by atoms with E-state index < -0.39 is 0 Å². The minimum atomic E-state index is 0.759. The molecule has 1 heterocycles. The fourth-order valence-electron chi connectivity index (χ4n) is 2.08. The number of rotatable bonds is 6. The smallest absolute Gasteiger partial charge is 0.185 e. The van der Waals surface area contributed by atoms with Gasteiger partial charge in [-0.15, -0.1) is 11.3 Å². The van der Waals surface area contributed by atoms with Gasteiger partial charge in [-0.05, 0) is 32.1 Å². The fourth-order valence-corrected chi connectivity index (χ4v) is 3.21. The van der Waals surface area contributed by atoms with Gasteiger partial charge in [0.1, 0.15) is 0 Å². The lowest BCUT2D eigenvalue weighted by Crippen LogP contribution is -2.18. The molecule has 0 aliphatic heterocycles. The van der Waals surface area contributed by atoms with Gasteiger partial charge in [0, 0.05) is 30.6 Å². The van der Waals surface area contributed by atoms with Crippen LogP contribution in [-0.4, -0.2) is 24.1 Å². The molecule has 0 amide bonds. The van der Waals surface area contributed by atoms with Gasteiger partial charge in [0.2, 0.25) is 0 Å². The average Bonchev–Trinajstić information content (AvgIpc) is 3.22. The van der Waals surface area contributed by atoms with E-state index in [1.54, 1.807) is 0 Å². The van der Waals surface area contributed by atoms with Crippen molar-refractivity contribution < 1.29 is 0 Å². The zero-order chi connectivity index (χ0) is 11.8. The van der Waals surface area contributed by atoms with Crippen molar-refractivity contribution in [1.29, 1.82) is 0 Å². The molecule has 2 saturated carbocycles. The van der Waals surface area contributed by atoms with Crippen LogP contribution >= 0.6 is 11.3 Å². The molecule has 3 rings (SSSR count). The lowest BCUT2D eigenvalue weighted by Gasteiger charge is -2.13. The van der Waals surface area contributed by atoms with Crippen molar-refractivity contribution in [3.8, 4) is 0 Å². The predicted molar refractivity (Wildman–Crippen MR) is 72.8 cm³/mol. The van der Waals surface area contributed by atoms with Gasteiger partial charge in [0.05, 0.1) is 5.69 Å². The molecule has 2 fully saturated rings. The highest BCUT2D eigenvalue weighted by Gasteiger charge is 2.29. The molecule has 1 aromatic rings. The number of nitrogens with zero attached hydrogens (tertiary/aromatic N) is 2. The largest absolute Gasteiger partial charge is 0.348 e. The van der Waals surface area contributed by atoms with E-state index in [1.807, 2.05) is 11.3 Å². The number of aryl methyl sites for hydroxylation is 1. The summed E-state index contributed by atoms with van der Waals surface area (Å²) in [5.74, 6) is 0. The van der Waals surface area contributed by atoms with Crippen molar-refractivity contribution in [2.45, 2.75) is 57.7 Å².